The summed E-state index contributed by atoms with van der Waals surface area (Å²) in [7, 11) is 0. The van der Waals surface area contributed by atoms with Gasteiger partial charge in [0.05, 0.1) is 16.6 Å². The summed E-state index contributed by atoms with van der Waals surface area (Å²) in [4.78, 5) is 15.4. The third-order valence-corrected chi connectivity index (χ3v) is 42.4. The summed E-state index contributed by atoms with van der Waals surface area (Å²) in [6.45, 7) is 0. The quantitative estimate of drug-likeness (QED) is 0.0821. The van der Waals surface area contributed by atoms with Gasteiger partial charge in [0.15, 0.2) is 0 Å². The van der Waals surface area contributed by atoms with E-state index in [2.05, 4.69) is 462 Å². The summed E-state index contributed by atoms with van der Waals surface area (Å²) in [5.41, 5.74) is 8.83. The molecular weight excluding hydrogens is 1630 g/mol. The van der Waals surface area contributed by atoms with Crippen molar-refractivity contribution in [1.82, 2.24) is 28.2 Å². The van der Waals surface area contributed by atoms with Gasteiger partial charge in [-0.3, -0.25) is 4.40 Å². The molecule has 0 saturated carbocycles. The molecule has 24 aromatic rings. The van der Waals surface area contributed by atoms with Crippen LogP contribution in [0, 0.1) is 0 Å². The Hall–Kier alpha value is -12.3. The van der Waals surface area contributed by atoms with Gasteiger partial charge in [-0.15, -0.1) is 0 Å². The first-order valence-electron chi connectivity index (χ1n) is 39.3. The van der Waals surface area contributed by atoms with E-state index in [0.717, 1.165) is 55.4 Å². The molecule has 0 amide bonds. The van der Waals surface area contributed by atoms with Gasteiger partial charge in [0.2, 0.25) is 0 Å². The van der Waals surface area contributed by atoms with Gasteiger partial charge in [0.1, 0.15) is 5.65 Å². The first-order valence-corrected chi connectivity index (χ1v) is 50.1. The van der Waals surface area contributed by atoms with Crippen molar-refractivity contribution < 1.29 is 0 Å². The second-order valence-corrected chi connectivity index (χ2v) is 46.5. The molecule has 0 radical (unpaired) electrons. The molecule has 18 aromatic carbocycles. The van der Waals surface area contributed by atoms with E-state index in [1.54, 1.807) is 0 Å². The van der Waals surface area contributed by atoms with Crippen LogP contribution < -0.4 is 47.7 Å². The molecule has 0 aliphatic rings. The zero-order valence-corrected chi connectivity index (χ0v) is 70.0. The van der Waals surface area contributed by atoms with Crippen molar-refractivity contribution in [1.29, 1.82) is 0 Å². The van der Waals surface area contributed by atoms with E-state index in [0.29, 0.717) is 0 Å². The molecule has 6 aromatic heterocycles. The molecule has 0 unspecified atom stereocenters. The Morgan fingerprint density at radius 1 is 0.214 bits per heavy atom. The van der Waals surface area contributed by atoms with Crippen LogP contribution in [0.25, 0.3) is 147 Å². The third-order valence-electron chi connectivity index (χ3n) is 23.4. The Kier molecular flexibility index (Phi) is 17.6. The van der Waals surface area contributed by atoms with E-state index in [9.17, 15) is 0 Å². The van der Waals surface area contributed by atoms with Crippen molar-refractivity contribution in [2.24, 2.45) is 0 Å². The van der Waals surface area contributed by atoms with Gasteiger partial charge in [-0.05, 0) is 39.6 Å². The molecule has 0 fully saturated rings. The van der Waals surface area contributed by atoms with Crippen LogP contribution in [0.1, 0.15) is 0 Å². The number of rotatable bonds is 9. The number of para-hydroxylation sites is 6. The van der Waals surface area contributed by atoms with Crippen LogP contribution in [0.3, 0.4) is 0 Å². The van der Waals surface area contributed by atoms with Gasteiger partial charge in [-0.1, -0.05) is 133 Å². The maximum absolute atomic E-state index is 6.86. The number of fused-ring (bicyclic) bond motifs is 30. The number of nitrogens with zero attached hydrogens (tertiary/aromatic N) is 6. The molecule has 0 spiro atoms. The number of aromatic nitrogens is 6. The van der Waals surface area contributed by atoms with Gasteiger partial charge in [0.25, 0.3) is 0 Å². The first-order chi connectivity index (χ1) is 57.7. The van der Waals surface area contributed by atoms with Crippen LogP contribution in [-0.2, 0) is 11.8 Å². The van der Waals surface area contributed by atoms with Crippen molar-refractivity contribution in [3.63, 3.8) is 0 Å². The summed E-state index contributed by atoms with van der Waals surface area (Å²) in [5, 5.41) is 30.0. The maximum atomic E-state index is 6.86. The molecule has 0 atom stereocenters. The molecular formula is C105H69N6P3SSe2. The van der Waals surface area contributed by atoms with Crippen LogP contribution in [0.4, 0.5) is 0 Å². The zero-order chi connectivity index (χ0) is 77.9. The number of hydrogen-bond acceptors (Lipinski definition) is 4. The molecule has 552 valence electrons. The van der Waals surface area contributed by atoms with Crippen LogP contribution in [0.2, 0.25) is 0 Å². The monoisotopic (exact) mass is 1700 g/mol. The predicted molar refractivity (Wildman–Crippen MR) is 511 cm³/mol. The summed E-state index contributed by atoms with van der Waals surface area (Å²) in [6, 6.07) is 148. The molecule has 12 heteroatoms. The Labute approximate surface area is 695 Å². The SMILES string of the molecule is S=P(c1ccccc1)(c1ccccc1)c1cc2c3ccccc3c3nc4ccccc4n3c2c2ccccc12.[Se]=P(c1ccccc1)(c1ccccc1)c1cc2ccccc2c2c1c1ccccc1c1nc3ccccc3n12.[Se]=P(c1ccccc1)(c1ccccc1)c1cccc2c1ccc1c3ccccc3c3nc4ccccc4n3c21. The van der Waals surface area contributed by atoms with Gasteiger partial charge in [0, 0.05) is 27.5 Å². The topological polar surface area (TPSA) is 51.9 Å². The molecule has 6 heterocycles. The normalized spacial score (nSPS) is 12.2. The van der Waals surface area contributed by atoms with Gasteiger partial charge in [-0.2, -0.15) is 0 Å². The fourth-order valence-corrected chi connectivity index (χ4v) is 33.1. The second-order valence-electron chi connectivity index (χ2n) is 29.8. The summed E-state index contributed by atoms with van der Waals surface area (Å²) >= 11 is 14.5. The van der Waals surface area contributed by atoms with Crippen molar-refractivity contribution in [3.8, 4) is 0 Å². The van der Waals surface area contributed by atoms with E-state index >= 15 is 0 Å². The van der Waals surface area contributed by atoms with Crippen molar-refractivity contribution in [2.45, 2.75) is 0 Å². The average Bonchev–Trinajstić information content (AvgIpc) is 1.69. The molecule has 0 N–H and O–H groups in total. The van der Waals surface area contributed by atoms with E-state index in [1.165, 1.54) is 140 Å². The minimum atomic E-state index is -2.39. The minimum absolute atomic E-state index is 0.989. The Balaban J connectivity index is 0.000000106. The zero-order valence-electron chi connectivity index (χ0n) is 63.1. The van der Waals surface area contributed by atoms with Crippen LogP contribution in [-0.4, -0.2) is 58.4 Å². The standard InChI is InChI=1S/C35H23N2PS.2C35H23N2PSe/c39-38(24-13-3-1-4-14-24,25-15-5-2-6-16-25)33-23-30-26-17-7-10-20-29(26)35-36-31-21-11-12-22-32(31)37(35)34(30)28-19-9-8-18-27(28)33;39-38(25-14-3-1-4-15-25,26-16-5-2-6-17-26)32-23-24-13-7-8-18-27(24)34-33(32)28-19-9-10-20-29(28)35-36-30-21-11-12-22-31(30)37(34)35;39-38(24-12-3-1-4-13-24,25-14-5-2-6-15-25)33-21-11-18-28-27(33)22-23-29-26-16-7-8-17-30(26)35-36-31-19-9-10-20-32(31)37(35)34(28)29/h3*1-23H. The van der Waals surface area contributed by atoms with E-state index in [-0.39, 0.29) is 0 Å². The van der Waals surface area contributed by atoms with Gasteiger partial charge >= 0.3 is 469 Å². The van der Waals surface area contributed by atoms with Crippen molar-refractivity contribution in [2.75, 3.05) is 0 Å². The van der Waals surface area contributed by atoms with Crippen LogP contribution in [0.5, 0.6) is 0 Å². The molecule has 0 bridgehead atoms. The fraction of sp³-hybridized carbons (Fsp3) is 0. The summed E-state index contributed by atoms with van der Waals surface area (Å²) < 4.78 is 7.14. The number of benzene rings is 18. The first kappa shape index (κ1) is 71.3. The summed E-state index contributed by atoms with van der Waals surface area (Å²) in [6.07, 6.45) is 0. The van der Waals surface area contributed by atoms with E-state index in [4.69, 9.17) is 26.8 Å². The molecule has 6 nitrogen and oxygen atoms in total. The molecule has 0 saturated heterocycles. The fourth-order valence-electron chi connectivity index (χ4n) is 18.3. The number of hydrogen-bond donors (Lipinski definition) is 0. The second kappa shape index (κ2) is 28.9. The number of pyridine rings is 3. The molecule has 24 rings (SSSR count). The molecule has 0 aliphatic carbocycles. The van der Waals surface area contributed by atoms with Crippen molar-refractivity contribution in [3.05, 3.63) is 419 Å². The Morgan fingerprint density at radius 2 is 0.513 bits per heavy atom. The number of imidazole rings is 3. The van der Waals surface area contributed by atoms with Gasteiger partial charge in [-0.25, -0.2) is 4.98 Å². The van der Waals surface area contributed by atoms with Crippen molar-refractivity contribution >= 4 is 254 Å². The Bertz CT molecular complexity index is 8080. The summed E-state index contributed by atoms with van der Waals surface area (Å²) in [5.74, 6) is 0. The van der Waals surface area contributed by atoms with E-state index < -0.39 is 17.1 Å². The molecule has 0 aliphatic heterocycles. The third kappa shape index (κ3) is 11.3. The van der Waals surface area contributed by atoms with Crippen LogP contribution >= 0.6 is 17.1 Å². The van der Waals surface area contributed by atoms with E-state index in [1.807, 2.05) is 0 Å². The Morgan fingerprint density at radius 3 is 0.974 bits per heavy atom. The van der Waals surface area contributed by atoms with Crippen LogP contribution in [0.15, 0.2) is 419 Å². The average molecular weight is 1700 g/mol. The van der Waals surface area contributed by atoms with Gasteiger partial charge < -0.3 is 0 Å². The molecule has 117 heavy (non-hydrogen) atoms. The predicted octanol–water partition coefficient (Wildman–Crippen LogP) is 22.4.